The third-order valence-corrected chi connectivity index (χ3v) is 4.03. The molecule has 0 unspecified atom stereocenters. The van der Waals surface area contributed by atoms with E-state index in [0.29, 0.717) is 30.2 Å². The highest BCUT2D eigenvalue weighted by Gasteiger charge is 2.15. The van der Waals surface area contributed by atoms with Crippen LogP contribution in [0.25, 0.3) is 0 Å². The van der Waals surface area contributed by atoms with Gasteiger partial charge in [0.15, 0.2) is 5.96 Å². The van der Waals surface area contributed by atoms with Crippen molar-refractivity contribution in [1.82, 2.24) is 10.2 Å². The number of benzene rings is 1. The van der Waals surface area contributed by atoms with Gasteiger partial charge in [0.25, 0.3) is 0 Å². The SMILES string of the molecule is CCNC(=NCc1cc(C(=O)OC)c(C)o1)N(C)Cc1ccc(OC)cc1.I. The van der Waals surface area contributed by atoms with Crippen LogP contribution in [-0.2, 0) is 17.8 Å². The van der Waals surface area contributed by atoms with Gasteiger partial charge in [0.2, 0.25) is 0 Å². The van der Waals surface area contributed by atoms with Gasteiger partial charge < -0.3 is 24.1 Å². The number of hydrogen-bond donors (Lipinski definition) is 1. The molecule has 154 valence electrons. The van der Waals surface area contributed by atoms with E-state index in [1.165, 1.54) is 7.11 Å². The predicted molar refractivity (Wildman–Crippen MR) is 119 cm³/mol. The molecule has 0 bridgehead atoms. The minimum atomic E-state index is -0.407. The molecule has 0 radical (unpaired) electrons. The van der Waals surface area contributed by atoms with E-state index in [0.717, 1.165) is 23.8 Å². The summed E-state index contributed by atoms with van der Waals surface area (Å²) in [7, 11) is 4.97. The van der Waals surface area contributed by atoms with Crippen molar-refractivity contribution in [2.75, 3.05) is 27.8 Å². The molecule has 7 nitrogen and oxygen atoms in total. The van der Waals surface area contributed by atoms with Gasteiger partial charge in [-0.15, -0.1) is 24.0 Å². The summed E-state index contributed by atoms with van der Waals surface area (Å²) in [5.41, 5.74) is 1.57. The Kier molecular flexibility index (Phi) is 9.84. The average molecular weight is 501 g/mol. The number of carbonyl (C=O) groups excluding carboxylic acids is 1. The van der Waals surface area contributed by atoms with Crippen LogP contribution < -0.4 is 10.1 Å². The molecule has 0 saturated carbocycles. The first-order chi connectivity index (χ1) is 13.0. The third-order valence-electron chi connectivity index (χ3n) is 4.03. The molecule has 1 aromatic heterocycles. The lowest BCUT2D eigenvalue weighted by atomic mass is 10.2. The lowest BCUT2D eigenvalue weighted by Crippen LogP contribution is -2.38. The molecular weight excluding hydrogens is 473 g/mol. The number of guanidine groups is 1. The predicted octanol–water partition coefficient (Wildman–Crippen LogP) is 3.60. The number of aryl methyl sites for hydroxylation is 1. The average Bonchev–Trinajstić information content (AvgIpc) is 3.05. The summed E-state index contributed by atoms with van der Waals surface area (Å²) in [6.07, 6.45) is 0. The molecule has 0 atom stereocenters. The number of halogens is 1. The third kappa shape index (κ3) is 6.43. The van der Waals surface area contributed by atoms with Crippen LogP contribution >= 0.6 is 24.0 Å². The fraction of sp³-hybridized carbons (Fsp3) is 0.400. The van der Waals surface area contributed by atoms with Crippen LogP contribution in [0.4, 0.5) is 0 Å². The molecule has 0 aliphatic carbocycles. The standard InChI is InChI=1S/C20H27N3O4.HI/c1-6-21-20(23(3)13-15-7-9-16(25-4)10-8-15)22-12-17-11-18(14(2)27-17)19(24)26-5;/h7-11H,6,12-13H2,1-5H3,(H,21,22);1H. The molecule has 0 aliphatic heterocycles. The van der Waals surface area contributed by atoms with Crippen molar-refractivity contribution < 1.29 is 18.7 Å². The number of hydrogen-bond acceptors (Lipinski definition) is 5. The minimum absolute atomic E-state index is 0. The Morgan fingerprint density at radius 3 is 2.50 bits per heavy atom. The second-order valence-electron chi connectivity index (χ2n) is 6.05. The number of ether oxygens (including phenoxy) is 2. The summed E-state index contributed by atoms with van der Waals surface area (Å²) in [6, 6.07) is 9.60. The van der Waals surface area contributed by atoms with Crippen LogP contribution in [0.5, 0.6) is 5.75 Å². The van der Waals surface area contributed by atoms with Gasteiger partial charge in [0, 0.05) is 20.1 Å². The summed E-state index contributed by atoms with van der Waals surface area (Å²) < 4.78 is 15.6. The van der Waals surface area contributed by atoms with Crippen molar-refractivity contribution >= 4 is 35.9 Å². The fourth-order valence-corrected chi connectivity index (χ4v) is 2.64. The zero-order valence-corrected chi connectivity index (χ0v) is 19.3. The lowest BCUT2D eigenvalue weighted by molar-refractivity contribution is 0.0599. The van der Waals surface area contributed by atoms with Gasteiger partial charge in [-0.25, -0.2) is 9.79 Å². The Morgan fingerprint density at radius 1 is 1.25 bits per heavy atom. The molecule has 28 heavy (non-hydrogen) atoms. The number of methoxy groups -OCH3 is 2. The van der Waals surface area contributed by atoms with Crippen molar-refractivity contribution in [2.45, 2.75) is 26.9 Å². The number of aliphatic imine (C=N–C) groups is 1. The number of nitrogens with one attached hydrogen (secondary N) is 1. The summed E-state index contributed by atoms with van der Waals surface area (Å²) >= 11 is 0. The highest BCUT2D eigenvalue weighted by atomic mass is 127. The van der Waals surface area contributed by atoms with E-state index in [4.69, 9.17) is 13.9 Å². The van der Waals surface area contributed by atoms with Crippen molar-refractivity contribution in [2.24, 2.45) is 4.99 Å². The number of esters is 1. The fourth-order valence-electron chi connectivity index (χ4n) is 2.64. The number of carbonyl (C=O) groups is 1. The van der Waals surface area contributed by atoms with Crippen LogP contribution in [-0.4, -0.2) is 44.6 Å². The van der Waals surface area contributed by atoms with Crippen LogP contribution in [0.2, 0.25) is 0 Å². The molecule has 2 aromatic rings. The largest absolute Gasteiger partial charge is 0.497 e. The van der Waals surface area contributed by atoms with Crippen LogP contribution in [0.15, 0.2) is 39.7 Å². The quantitative estimate of drug-likeness (QED) is 0.271. The first-order valence-corrected chi connectivity index (χ1v) is 8.78. The van der Waals surface area contributed by atoms with Crippen LogP contribution in [0, 0.1) is 6.92 Å². The Balaban J connectivity index is 0.00000392. The maximum absolute atomic E-state index is 11.7. The Bertz CT molecular complexity index is 787. The number of nitrogens with zero attached hydrogens (tertiary/aromatic N) is 2. The van der Waals surface area contributed by atoms with Crippen LogP contribution in [0.3, 0.4) is 0 Å². The maximum atomic E-state index is 11.7. The van der Waals surface area contributed by atoms with E-state index in [-0.39, 0.29) is 24.0 Å². The minimum Gasteiger partial charge on any atom is -0.497 e. The molecule has 8 heteroatoms. The molecule has 0 fully saturated rings. The molecule has 0 spiro atoms. The number of rotatable bonds is 7. The van der Waals surface area contributed by atoms with E-state index in [2.05, 4.69) is 10.3 Å². The second-order valence-corrected chi connectivity index (χ2v) is 6.05. The van der Waals surface area contributed by atoms with Gasteiger partial charge in [-0.2, -0.15) is 0 Å². The summed E-state index contributed by atoms with van der Waals surface area (Å²) in [5, 5.41) is 3.27. The zero-order chi connectivity index (χ0) is 19.8. The molecular formula is C20H28IN3O4. The zero-order valence-electron chi connectivity index (χ0n) is 16.9. The van der Waals surface area contributed by atoms with E-state index >= 15 is 0 Å². The molecule has 0 aliphatic rings. The molecule has 1 N–H and O–H groups in total. The topological polar surface area (TPSA) is 76.3 Å². The number of furan rings is 1. The normalized spacial score (nSPS) is 10.8. The molecule has 1 heterocycles. The van der Waals surface area contributed by atoms with Crippen molar-refractivity contribution in [1.29, 1.82) is 0 Å². The summed E-state index contributed by atoms with van der Waals surface area (Å²) in [5.74, 6) is 2.32. The monoisotopic (exact) mass is 501 g/mol. The second kappa shape index (κ2) is 11.6. The van der Waals surface area contributed by atoms with E-state index in [9.17, 15) is 4.79 Å². The van der Waals surface area contributed by atoms with Crippen molar-refractivity contribution in [3.8, 4) is 5.75 Å². The van der Waals surface area contributed by atoms with E-state index in [1.54, 1.807) is 20.1 Å². The summed E-state index contributed by atoms with van der Waals surface area (Å²) in [6.45, 7) is 5.52. The van der Waals surface area contributed by atoms with Gasteiger partial charge in [-0.05, 0) is 37.6 Å². The maximum Gasteiger partial charge on any atom is 0.341 e. The van der Waals surface area contributed by atoms with Gasteiger partial charge in [-0.1, -0.05) is 12.1 Å². The smallest absolute Gasteiger partial charge is 0.341 e. The highest BCUT2D eigenvalue weighted by molar-refractivity contribution is 14.0. The van der Waals surface area contributed by atoms with Gasteiger partial charge in [-0.3, -0.25) is 0 Å². The highest BCUT2D eigenvalue weighted by Crippen LogP contribution is 2.17. The molecule has 0 saturated heterocycles. The van der Waals surface area contributed by atoms with Gasteiger partial charge >= 0.3 is 5.97 Å². The van der Waals surface area contributed by atoms with Crippen LogP contribution in [0.1, 0.15) is 34.4 Å². The van der Waals surface area contributed by atoms with Gasteiger partial charge in [0.05, 0.1) is 14.2 Å². The Morgan fingerprint density at radius 2 is 1.93 bits per heavy atom. The van der Waals surface area contributed by atoms with E-state index < -0.39 is 5.97 Å². The van der Waals surface area contributed by atoms with Crippen molar-refractivity contribution in [3.63, 3.8) is 0 Å². The Hall–Kier alpha value is -2.23. The van der Waals surface area contributed by atoms with E-state index in [1.807, 2.05) is 43.1 Å². The Labute approximate surface area is 183 Å². The van der Waals surface area contributed by atoms with Crippen molar-refractivity contribution in [3.05, 3.63) is 53.0 Å². The molecule has 1 aromatic carbocycles. The molecule has 0 amide bonds. The molecule has 2 rings (SSSR count). The first-order valence-electron chi connectivity index (χ1n) is 8.78. The first kappa shape index (κ1) is 23.8. The van der Waals surface area contributed by atoms with Gasteiger partial charge in [0.1, 0.15) is 29.4 Å². The lowest BCUT2D eigenvalue weighted by Gasteiger charge is -2.22. The summed E-state index contributed by atoms with van der Waals surface area (Å²) in [4.78, 5) is 18.3.